The molecule has 0 amide bonds. The second-order valence-corrected chi connectivity index (χ2v) is 6.20. The van der Waals surface area contributed by atoms with Crippen molar-refractivity contribution in [2.75, 3.05) is 0 Å². The second-order valence-electron chi connectivity index (χ2n) is 6.20. The van der Waals surface area contributed by atoms with Crippen LogP contribution in [-0.4, -0.2) is 15.9 Å². The molecule has 0 fully saturated rings. The molecule has 0 saturated carbocycles. The summed E-state index contributed by atoms with van der Waals surface area (Å²) in [6.45, 7) is 10.5. The lowest BCUT2D eigenvalue weighted by Crippen LogP contribution is -2.02. The number of nitrogens with zero attached hydrogens (tertiary/aromatic N) is 2. The van der Waals surface area contributed by atoms with Crippen LogP contribution in [0.2, 0.25) is 0 Å². The minimum atomic E-state index is 0.363. The highest BCUT2D eigenvalue weighted by atomic mass is 16.4. The van der Waals surface area contributed by atoms with Crippen LogP contribution < -0.4 is 0 Å². The van der Waals surface area contributed by atoms with Crippen LogP contribution in [0.3, 0.4) is 0 Å². The van der Waals surface area contributed by atoms with Gasteiger partial charge in [0.2, 0.25) is 6.61 Å². The number of para-hydroxylation sites is 2. The molecule has 0 N–H and O–H groups in total. The number of aryl methyl sites for hydroxylation is 1. The summed E-state index contributed by atoms with van der Waals surface area (Å²) in [4.78, 5) is 0. The predicted octanol–water partition coefficient (Wildman–Crippen LogP) is 4.76. The Hall–Kier alpha value is -3.07. The Bertz CT molecular complexity index is 1050. The van der Waals surface area contributed by atoms with Crippen molar-refractivity contribution < 1.29 is 4.42 Å². The van der Waals surface area contributed by atoms with Crippen LogP contribution in [0.5, 0.6) is 0 Å². The maximum absolute atomic E-state index is 5.46. The van der Waals surface area contributed by atoms with Crippen LogP contribution in [0.15, 0.2) is 67.3 Å². The summed E-state index contributed by atoms with van der Waals surface area (Å²) < 4.78 is 9.56. The third-order valence-corrected chi connectivity index (χ3v) is 4.81. The molecule has 25 heavy (non-hydrogen) atoms. The number of carbonyl (C=O) groups excluding carboxylic acids is 1. The van der Waals surface area contributed by atoms with Crippen molar-refractivity contribution in [1.29, 1.82) is 0 Å². The molecule has 0 radical (unpaired) electrons. The van der Waals surface area contributed by atoms with E-state index in [0.717, 1.165) is 34.4 Å². The first-order chi connectivity index (χ1) is 12.3. The molecule has 0 aliphatic heterocycles. The maximum Gasteiger partial charge on any atom is 0.246 e. The largest absolute Gasteiger partial charge is 0.455 e. The van der Waals surface area contributed by atoms with Gasteiger partial charge in [0.15, 0.2) is 0 Å². The molecule has 0 aliphatic carbocycles. The van der Waals surface area contributed by atoms with Gasteiger partial charge >= 0.3 is 0 Å². The first kappa shape index (κ1) is 15.5. The van der Waals surface area contributed by atoms with Gasteiger partial charge < -0.3 is 13.6 Å². The number of rotatable bonds is 5. The van der Waals surface area contributed by atoms with Gasteiger partial charge in [-0.15, -0.1) is 6.58 Å². The number of aromatic nitrogens is 2. The summed E-state index contributed by atoms with van der Waals surface area (Å²) in [6, 6.07) is 19.0. The molecule has 2 aromatic heterocycles. The molecular formula is C22H20N2O. The van der Waals surface area contributed by atoms with Crippen molar-refractivity contribution in [2.24, 2.45) is 7.05 Å². The second kappa shape index (κ2) is 6.10. The Morgan fingerprint density at radius 2 is 1.80 bits per heavy atom. The van der Waals surface area contributed by atoms with E-state index in [-0.39, 0.29) is 0 Å². The standard InChI is InChI=1S/C22H20N2O/c1-4-13-24-20-12-8-6-10-17(20)18(15-25-3)22(24)21-14-16-9-5-7-11-19(16)23(21)2/h3-12,14H,1,13,15H2,2H3. The summed E-state index contributed by atoms with van der Waals surface area (Å²) in [6.07, 6.45) is 1.92. The van der Waals surface area contributed by atoms with Crippen LogP contribution in [0.1, 0.15) is 5.56 Å². The molecule has 4 aromatic rings. The number of benzene rings is 2. The summed E-state index contributed by atoms with van der Waals surface area (Å²) in [5.74, 6) is 0. The van der Waals surface area contributed by atoms with Crippen molar-refractivity contribution in [1.82, 2.24) is 9.13 Å². The van der Waals surface area contributed by atoms with Crippen LogP contribution >= 0.6 is 0 Å². The molecule has 3 nitrogen and oxygen atoms in total. The van der Waals surface area contributed by atoms with Gasteiger partial charge in [-0.2, -0.15) is 0 Å². The minimum absolute atomic E-state index is 0.363. The van der Waals surface area contributed by atoms with E-state index in [9.17, 15) is 0 Å². The molecule has 0 saturated heterocycles. The topological polar surface area (TPSA) is 21.2 Å². The van der Waals surface area contributed by atoms with E-state index in [0.29, 0.717) is 6.61 Å². The van der Waals surface area contributed by atoms with E-state index >= 15 is 0 Å². The van der Waals surface area contributed by atoms with Crippen molar-refractivity contribution >= 4 is 28.6 Å². The van der Waals surface area contributed by atoms with Gasteiger partial charge in [-0.1, -0.05) is 42.5 Å². The minimum Gasteiger partial charge on any atom is -0.455 e. The molecule has 0 unspecified atom stereocenters. The van der Waals surface area contributed by atoms with Crippen molar-refractivity contribution in [3.63, 3.8) is 0 Å². The van der Waals surface area contributed by atoms with Gasteiger partial charge in [0, 0.05) is 35.4 Å². The highest BCUT2D eigenvalue weighted by Gasteiger charge is 2.22. The monoisotopic (exact) mass is 328 g/mol. The highest BCUT2D eigenvalue weighted by Crippen LogP contribution is 2.36. The highest BCUT2D eigenvalue weighted by molar-refractivity contribution is 5.94. The van der Waals surface area contributed by atoms with Crippen molar-refractivity contribution in [3.05, 3.63) is 72.8 Å². The van der Waals surface area contributed by atoms with Gasteiger partial charge in [0.05, 0.1) is 17.0 Å². The van der Waals surface area contributed by atoms with E-state index in [1.54, 1.807) is 0 Å². The molecule has 0 aliphatic rings. The Labute approximate surface area is 147 Å². The summed E-state index contributed by atoms with van der Waals surface area (Å²) in [5, 5.41) is 2.38. The summed E-state index contributed by atoms with van der Waals surface area (Å²) in [5.41, 5.74) is 5.74. The smallest absolute Gasteiger partial charge is 0.246 e. The van der Waals surface area contributed by atoms with Gasteiger partial charge in [0.25, 0.3) is 0 Å². The molecule has 2 aromatic carbocycles. The van der Waals surface area contributed by atoms with Crippen molar-refractivity contribution in [3.8, 4) is 11.4 Å². The van der Waals surface area contributed by atoms with Crippen molar-refractivity contribution in [2.45, 2.75) is 13.2 Å². The normalized spacial score (nSPS) is 11.2. The van der Waals surface area contributed by atoms with E-state index in [2.05, 4.69) is 71.3 Å². The lowest BCUT2D eigenvalue weighted by Gasteiger charge is -2.11. The lowest BCUT2D eigenvalue weighted by atomic mass is 10.1. The molecule has 0 spiro atoms. The molecule has 124 valence electrons. The van der Waals surface area contributed by atoms with E-state index < -0.39 is 0 Å². The fraction of sp³-hybridized carbons (Fsp3) is 0.136. The molecule has 2 heterocycles. The van der Waals surface area contributed by atoms with E-state index in [1.807, 2.05) is 12.1 Å². The fourth-order valence-electron chi connectivity index (χ4n) is 3.73. The van der Waals surface area contributed by atoms with E-state index in [1.165, 1.54) is 10.9 Å². The fourth-order valence-corrected chi connectivity index (χ4v) is 3.73. The number of hydrogen-bond donors (Lipinski definition) is 0. The zero-order valence-electron chi connectivity index (χ0n) is 14.3. The first-order valence-electron chi connectivity index (χ1n) is 8.33. The van der Waals surface area contributed by atoms with Crippen LogP contribution in [0, 0.1) is 0 Å². The first-order valence-corrected chi connectivity index (χ1v) is 8.33. The molecule has 0 bridgehead atoms. The Kier molecular flexibility index (Phi) is 3.77. The van der Waals surface area contributed by atoms with Gasteiger partial charge in [0.1, 0.15) is 0 Å². The predicted molar refractivity (Wildman–Crippen MR) is 105 cm³/mol. The Morgan fingerprint density at radius 3 is 2.52 bits per heavy atom. The molecule has 4 rings (SSSR count). The Morgan fingerprint density at radius 1 is 1.08 bits per heavy atom. The number of fused-ring (bicyclic) bond motifs is 2. The zero-order valence-corrected chi connectivity index (χ0v) is 14.3. The molecule has 0 atom stereocenters. The van der Waals surface area contributed by atoms with Gasteiger partial charge in [-0.05, 0) is 25.0 Å². The average molecular weight is 328 g/mol. The summed E-state index contributed by atoms with van der Waals surface area (Å²) >= 11 is 0. The SMILES string of the molecule is [CH-]=[O+]Cc1c(-c2cc3ccccc3n2C)n(CC=C)c2ccccc12. The number of allylic oxidation sites excluding steroid dienone is 1. The van der Waals surface area contributed by atoms with Gasteiger partial charge in [-0.25, -0.2) is 0 Å². The van der Waals surface area contributed by atoms with Crippen LogP contribution in [0.25, 0.3) is 33.2 Å². The third kappa shape index (κ3) is 2.31. The van der Waals surface area contributed by atoms with E-state index in [4.69, 9.17) is 11.2 Å². The summed E-state index contributed by atoms with van der Waals surface area (Å²) in [7, 11) is 2.10. The van der Waals surface area contributed by atoms with Crippen LogP contribution in [-0.2, 0) is 24.6 Å². The zero-order chi connectivity index (χ0) is 17.4. The number of hydrogen-bond acceptors (Lipinski definition) is 0. The van der Waals surface area contributed by atoms with Crippen LogP contribution in [0.4, 0.5) is 0 Å². The maximum atomic E-state index is 5.46. The lowest BCUT2D eigenvalue weighted by molar-refractivity contribution is 0.0992. The Balaban J connectivity index is 2.13. The quantitative estimate of drug-likeness (QED) is 0.218. The van der Waals surface area contributed by atoms with Gasteiger partial charge in [-0.3, -0.25) is 0 Å². The average Bonchev–Trinajstić information content (AvgIpc) is 3.12. The third-order valence-electron chi connectivity index (χ3n) is 4.81. The molecule has 3 heteroatoms. The molecular weight excluding hydrogens is 308 g/mol.